The lowest BCUT2D eigenvalue weighted by Gasteiger charge is -2.28. The van der Waals surface area contributed by atoms with Crippen LogP contribution < -0.4 is 10.0 Å². The molecule has 30 heavy (non-hydrogen) atoms. The molecule has 2 aliphatic carbocycles. The second-order valence-corrected chi connectivity index (χ2v) is 10.3. The smallest absolute Gasteiger partial charge is 0.261 e. The molecule has 0 heterocycles. The van der Waals surface area contributed by atoms with Gasteiger partial charge < -0.3 is 5.32 Å². The van der Waals surface area contributed by atoms with Crippen molar-refractivity contribution < 1.29 is 17.6 Å². The van der Waals surface area contributed by atoms with E-state index in [2.05, 4.69) is 17.0 Å². The molecule has 2 N–H and O–H groups in total. The van der Waals surface area contributed by atoms with Crippen molar-refractivity contribution in [2.24, 2.45) is 17.8 Å². The van der Waals surface area contributed by atoms with E-state index in [0.717, 1.165) is 29.5 Å². The molecule has 0 unspecified atom stereocenters. The zero-order valence-corrected chi connectivity index (χ0v) is 17.8. The highest BCUT2D eigenvalue weighted by atomic mass is 32.2. The fraction of sp³-hybridized carbons (Fsp3) is 0.435. The molecule has 0 saturated heterocycles. The van der Waals surface area contributed by atoms with E-state index in [1.807, 2.05) is 0 Å². The molecule has 0 aromatic heterocycles. The van der Waals surface area contributed by atoms with Gasteiger partial charge in [0.25, 0.3) is 10.0 Å². The molecule has 2 bridgehead atoms. The number of benzene rings is 2. The van der Waals surface area contributed by atoms with Crippen LogP contribution in [-0.2, 0) is 21.2 Å². The standard InChI is InChI=1S/C23H27FN2O3S/c1-15(22-13-17-2-5-18(22)12-17)25-23(27)14-16-3-8-20(9-4-16)26-30(28,29)21-10-6-19(24)7-11-21/h3-4,6-11,15,17-18,22,26H,2,5,12-14H2,1H3,(H,25,27)/t15-,17-,18-,22+/m1/s1. The van der Waals surface area contributed by atoms with E-state index in [1.165, 1.54) is 37.8 Å². The molecule has 0 radical (unpaired) electrons. The highest BCUT2D eigenvalue weighted by Crippen LogP contribution is 2.49. The quantitative estimate of drug-likeness (QED) is 0.694. The van der Waals surface area contributed by atoms with Crippen LogP contribution in [0.2, 0.25) is 0 Å². The Labute approximate surface area is 177 Å². The van der Waals surface area contributed by atoms with Crippen molar-refractivity contribution in [2.75, 3.05) is 4.72 Å². The van der Waals surface area contributed by atoms with Gasteiger partial charge in [-0.25, -0.2) is 12.8 Å². The van der Waals surface area contributed by atoms with Crippen molar-refractivity contribution >= 4 is 21.6 Å². The van der Waals surface area contributed by atoms with E-state index in [0.29, 0.717) is 11.6 Å². The van der Waals surface area contributed by atoms with Gasteiger partial charge in [-0.3, -0.25) is 9.52 Å². The molecule has 2 saturated carbocycles. The number of hydrogen-bond acceptors (Lipinski definition) is 3. The maximum Gasteiger partial charge on any atom is 0.261 e. The summed E-state index contributed by atoms with van der Waals surface area (Å²) in [5.74, 6) is 1.71. The van der Waals surface area contributed by atoms with Gasteiger partial charge in [0.2, 0.25) is 5.91 Å². The van der Waals surface area contributed by atoms with Gasteiger partial charge in [0, 0.05) is 11.7 Å². The molecule has 4 atom stereocenters. The number of amides is 1. The number of rotatable bonds is 7. The van der Waals surface area contributed by atoms with E-state index < -0.39 is 15.8 Å². The van der Waals surface area contributed by atoms with Crippen LogP contribution in [0.1, 0.15) is 38.2 Å². The van der Waals surface area contributed by atoms with Gasteiger partial charge in [0.15, 0.2) is 0 Å². The summed E-state index contributed by atoms with van der Waals surface area (Å²) in [6.07, 6.45) is 5.45. The second-order valence-electron chi connectivity index (χ2n) is 8.63. The third kappa shape index (κ3) is 4.67. The van der Waals surface area contributed by atoms with Crippen molar-refractivity contribution in [2.45, 2.75) is 50.0 Å². The van der Waals surface area contributed by atoms with Crippen LogP contribution in [0.3, 0.4) is 0 Å². The predicted molar refractivity (Wildman–Crippen MR) is 114 cm³/mol. The number of anilines is 1. The Bertz CT molecular complexity index is 1010. The number of halogens is 1. The topological polar surface area (TPSA) is 75.3 Å². The monoisotopic (exact) mass is 430 g/mol. The van der Waals surface area contributed by atoms with Crippen LogP contribution in [0.15, 0.2) is 53.4 Å². The van der Waals surface area contributed by atoms with E-state index in [9.17, 15) is 17.6 Å². The van der Waals surface area contributed by atoms with Crippen molar-refractivity contribution in [3.8, 4) is 0 Å². The Morgan fingerprint density at radius 2 is 1.77 bits per heavy atom. The second kappa shape index (κ2) is 8.38. The average molecular weight is 431 g/mol. The fourth-order valence-electron chi connectivity index (χ4n) is 5.02. The molecule has 4 rings (SSSR count). The van der Waals surface area contributed by atoms with Crippen LogP contribution in [-0.4, -0.2) is 20.4 Å². The normalized spacial score (nSPS) is 23.9. The molecule has 1 amide bonds. The van der Waals surface area contributed by atoms with Gasteiger partial charge in [-0.05, 0) is 85.9 Å². The minimum Gasteiger partial charge on any atom is -0.353 e. The van der Waals surface area contributed by atoms with E-state index in [-0.39, 0.29) is 23.3 Å². The number of carbonyl (C=O) groups is 1. The third-order valence-electron chi connectivity index (χ3n) is 6.52. The average Bonchev–Trinajstić information content (AvgIpc) is 3.33. The van der Waals surface area contributed by atoms with Crippen LogP contribution in [0.4, 0.5) is 10.1 Å². The summed E-state index contributed by atoms with van der Waals surface area (Å²) < 4.78 is 40.2. The molecule has 2 aliphatic rings. The first-order valence-electron chi connectivity index (χ1n) is 10.5. The summed E-state index contributed by atoms with van der Waals surface area (Å²) in [6, 6.07) is 11.6. The van der Waals surface area contributed by atoms with E-state index in [1.54, 1.807) is 24.3 Å². The Balaban J connectivity index is 1.32. The van der Waals surface area contributed by atoms with Crippen LogP contribution in [0.5, 0.6) is 0 Å². The Hall–Kier alpha value is -2.41. The SMILES string of the molecule is C[C@@H](NC(=O)Cc1ccc(NS(=O)(=O)c2ccc(F)cc2)cc1)[C@@H]1C[C@@H]2CC[C@@H]1C2. The zero-order valence-electron chi connectivity index (χ0n) is 17.0. The van der Waals surface area contributed by atoms with E-state index in [4.69, 9.17) is 0 Å². The van der Waals surface area contributed by atoms with Gasteiger partial charge in [-0.1, -0.05) is 18.6 Å². The molecule has 2 aromatic carbocycles. The molecule has 2 fully saturated rings. The molecule has 0 aliphatic heterocycles. The molecule has 7 heteroatoms. The van der Waals surface area contributed by atoms with Crippen molar-refractivity contribution in [1.82, 2.24) is 5.32 Å². The molecule has 2 aromatic rings. The number of fused-ring (bicyclic) bond motifs is 2. The van der Waals surface area contributed by atoms with Crippen molar-refractivity contribution in [3.63, 3.8) is 0 Å². The molecular formula is C23H27FN2O3S. The van der Waals surface area contributed by atoms with Gasteiger partial charge >= 0.3 is 0 Å². The maximum absolute atomic E-state index is 13.0. The number of nitrogens with one attached hydrogen (secondary N) is 2. The number of carbonyl (C=O) groups excluding carboxylic acids is 1. The highest BCUT2D eigenvalue weighted by molar-refractivity contribution is 7.92. The van der Waals surface area contributed by atoms with Gasteiger partial charge in [-0.15, -0.1) is 0 Å². The summed E-state index contributed by atoms with van der Waals surface area (Å²) in [6.45, 7) is 2.11. The van der Waals surface area contributed by atoms with Crippen LogP contribution in [0.25, 0.3) is 0 Å². The Morgan fingerprint density at radius 3 is 2.37 bits per heavy atom. The third-order valence-corrected chi connectivity index (χ3v) is 7.92. The number of hydrogen-bond donors (Lipinski definition) is 2. The largest absolute Gasteiger partial charge is 0.353 e. The zero-order chi connectivity index (χ0) is 21.3. The Kier molecular flexibility index (Phi) is 5.82. The lowest BCUT2D eigenvalue weighted by molar-refractivity contribution is -0.121. The van der Waals surface area contributed by atoms with Crippen LogP contribution in [0, 0.1) is 23.6 Å². The minimum absolute atomic E-state index is 0.00934. The van der Waals surface area contributed by atoms with Gasteiger partial charge in [0.1, 0.15) is 5.82 Å². The first kappa shape index (κ1) is 20.8. The van der Waals surface area contributed by atoms with Gasteiger partial charge in [-0.2, -0.15) is 0 Å². The highest BCUT2D eigenvalue weighted by Gasteiger charge is 2.42. The Morgan fingerprint density at radius 1 is 1.07 bits per heavy atom. The maximum atomic E-state index is 13.0. The first-order chi connectivity index (χ1) is 14.3. The summed E-state index contributed by atoms with van der Waals surface area (Å²) in [7, 11) is -3.79. The predicted octanol–water partition coefficient (Wildman–Crippen LogP) is 4.11. The summed E-state index contributed by atoms with van der Waals surface area (Å²) in [5, 5.41) is 3.15. The first-order valence-corrected chi connectivity index (χ1v) is 11.9. The molecular weight excluding hydrogens is 403 g/mol. The lowest BCUT2D eigenvalue weighted by atomic mass is 9.84. The van der Waals surface area contributed by atoms with Gasteiger partial charge in [0.05, 0.1) is 11.3 Å². The van der Waals surface area contributed by atoms with E-state index >= 15 is 0 Å². The minimum atomic E-state index is -3.79. The molecule has 160 valence electrons. The lowest BCUT2D eigenvalue weighted by Crippen LogP contribution is -2.40. The fourth-order valence-corrected chi connectivity index (χ4v) is 6.08. The summed E-state index contributed by atoms with van der Waals surface area (Å²) in [4.78, 5) is 12.4. The number of sulfonamides is 1. The molecule has 5 nitrogen and oxygen atoms in total. The summed E-state index contributed by atoms with van der Waals surface area (Å²) in [5.41, 5.74) is 1.20. The van der Waals surface area contributed by atoms with Crippen LogP contribution >= 0.6 is 0 Å². The van der Waals surface area contributed by atoms with Crippen molar-refractivity contribution in [1.29, 1.82) is 0 Å². The molecule has 0 spiro atoms. The van der Waals surface area contributed by atoms with Crippen molar-refractivity contribution in [3.05, 3.63) is 59.9 Å². The summed E-state index contributed by atoms with van der Waals surface area (Å²) >= 11 is 0.